The molecule has 0 aromatic heterocycles. The molecule has 0 saturated carbocycles. The fraction of sp³-hybridized carbons (Fsp3) is 0.333. The standard InChI is InChI=1S/C30H31ClFNO6/c1-18(2)38-23-7-5-6-20(10-23)16-33(17-27(34)35)29(36)21-12-22-15-30(3,39-28(22)26(13-21)37-4)14-19-8-9-24(31)25(32)11-19/h5-13,18H,14-17H2,1-4H3,(H,34,35)/t30-/m0/s1. The molecule has 0 bridgehead atoms. The van der Waals surface area contributed by atoms with Crippen molar-refractivity contribution in [2.45, 2.75) is 51.9 Å². The molecular formula is C30H31ClFNO6. The van der Waals surface area contributed by atoms with Crippen molar-refractivity contribution in [1.29, 1.82) is 0 Å². The van der Waals surface area contributed by atoms with E-state index in [4.69, 9.17) is 25.8 Å². The molecule has 1 amide bonds. The van der Waals surface area contributed by atoms with E-state index in [2.05, 4.69) is 0 Å². The highest BCUT2D eigenvalue weighted by atomic mass is 35.5. The largest absolute Gasteiger partial charge is 0.493 e. The van der Waals surface area contributed by atoms with Crippen LogP contribution in [0.25, 0.3) is 0 Å². The first kappa shape index (κ1) is 28.2. The van der Waals surface area contributed by atoms with Crippen LogP contribution in [0.5, 0.6) is 17.2 Å². The molecular weight excluding hydrogens is 525 g/mol. The summed E-state index contributed by atoms with van der Waals surface area (Å²) in [5, 5.41) is 9.58. The van der Waals surface area contributed by atoms with E-state index in [9.17, 15) is 19.1 Å². The average molecular weight is 556 g/mol. The number of ether oxygens (including phenoxy) is 3. The minimum absolute atomic E-state index is 0.0255. The summed E-state index contributed by atoms with van der Waals surface area (Å²) in [6, 6.07) is 15.1. The van der Waals surface area contributed by atoms with E-state index >= 15 is 0 Å². The van der Waals surface area contributed by atoms with Crippen molar-refractivity contribution < 1.29 is 33.3 Å². The molecule has 206 valence electrons. The molecule has 1 aliphatic rings. The van der Waals surface area contributed by atoms with Gasteiger partial charge < -0.3 is 24.2 Å². The maximum atomic E-state index is 14.0. The highest BCUT2D eigenvalue weighted by Crippen LogP contribution is 2.44. The van der Waals surface area contributed by atoms with Crippen LogP contribution in [-0.4, -0.2) is 47.2 Å². The zero-order valence-electron chi connectivity index (χ0n) is 22.3. The maximum absolute atomic E-state index is 14.0. The second-order valence-corrected chi connectivity index (χ2v) is 10.6. The lowest BCUT2D eigenvalue weighted by Gasteiger charge is -2.24. The van der Waals surface area contributed by atoms with Crippen molar-refractivity contribution in [3.05, 3.63) is 87.7 Å². The number of aliphatic carboxylic acids is 1. The zero-order valence-corrected chi connectivity index (χ0v) is 23.0. The average Bonchev–Trinajstić information content (AvgIpc) is 3.20. The molecule has 3 aromatic carbocycles. The number of hydrogen-bond donors (Lipinski definition) is 1. The van der Waals surface area contributed by atoms with Crippen LogP contribution in [0.3, 0.4) is 0 Å². The van der Waals surface area contributed by atoms with Crippen LogP contribution in [0.1, 0.15) is 47.8 Å². The van der Waals surface area contributed by atoms with Gasteiger partial charge in [-0.05, 0) is 68.3 Å². The monoisotopic (exact) mass is 555 g/mol. The third-order valence-corrected chi connectivity index (χ3v) is 6.64. The lowest BCUT2D eigenvalue weighted by molar-refractivity contribution is -0.137. The van der Waals surface area contributed by atoms with Gasteiger partial charge in [0.05, 0.1) is 18.2 Å². The first-order chi connectivity index (χ1) is 18.5. The Morgan fingerprint density at radius 2 is 1.92 bits per heavy atom. The Morgan fingerprint density at radius 3 is 2.59 bits per heavy atom. The van der Waals surface area contributed by atoms with Crippen molar-refractivity contribution in [3.8, 4) is 17.2 Å². The predicted octanol–water partition coefficient (Wildman–Crippen LogP) is 5.94. The molecule has 3 aromatic rings. The van der Waals surface area contributed by atoms with Gasteiger partial charge in [0.25, 0.3) is 5.91 Å². The van der Waals surface area contributed by atoms with Crippen molar-refractivity contribution in [2.24, 2.45) is 0 Å². The number of carboxylic acid groups (broad SMARTS) is 1. The van der Waals surface area contributed by atoms with Crippen LogP contribution in [0, 0.1) is 5.82 Å². The van der Waals surface area contributed by atoms with Crippen molar-refractivity contribution in [1.82, 2.24) is 4.90 Å². The fourth-order valence-electron chi connectivity index (χ4n) is 4.80. The second-order valence-electron chi connectivity index (χ2n) is 10.2. The summed E-state index contributed by atoms with van der Waals surface area (Å²) in [7, 11) is 1.48. The Bertz CT molecular complexity index is 1390. The van der Waals surface area contributed by atoms with E-state index < -0.39 is 29.8 Å². The van der Waals surface area contributed by atoms with E-state index in [-0.39, 0.29) is 23.2 Å². The van der Waals surface area contributed by atoms with Crippen LogP contribution in [-0.2, 0) is 24.2 Å². The molecule has 0 aliphatic carbocycles. The molecule has 0 saturated heterocycles. The van der Waals surface area contributed by atoms with Crippen molar-refractivity contribution in [3.63, 3.8) is 0 Å². The lowest BCUT2D eigenvalue weighted by Crippen LogP contribution is -2.35. The first-order valence-corrected chi connectivity index (χ1v) is 12.9. The van der Waals surface area contributed by atoms with Gasteiger partial charge in [0.1, 0.15) is 23.7 Å². The Labute approximate surface area is 232 Å². The third kappa shape index (κ3) is 6.81. The topological polar surface area (TPSA) is 85.3 Å². The lowest BCUT2D eigenvalue weighted by atomic mass is 9.91. The molecule has 1 atom stereocenters. The summed E-state index contributed by atoms with van der Waals surface area (Å²) >= 11 is 5.83. The number of carboxylic acids is 1. The van der Waals surface area contributed by atoms with Gasteiger partial charge in [-0.3, -0.25) is 9.59 Å². The number of benzene rings is 3. The molecule has 1 heterocycles. The van der Waals surface area contributed by atoms with E-state index in [1.807, 2.05) is 32.9 Å². The first-order valence-electron chi connectivity index (χ1n) is 12.6. The molecule has 1 N–H and O–H groups in total. The quantitative estimate of drug-likeness (QED) is 0.333. The zero-order chi connectivity index (χ0) is 28.3. The van der Waals surface area contributed by atoms with E-state index in [0.717, 1.165) is 16.7 Å². The Morgan fingerprint density at radius 1 is 1.15 bits per heavy atom. The fourth-order valence-corrected chi connectivity index (χ4v) is 4.92. The third-order valence-electron chi connectivity index (χ3n) is 6.33. The van der Waals surface area contributed by atoms with Gasteiger partial charge in [0.15, 0.2) is 11.5 Å². The molecule has 1 aliphatic heterocycles. The minimum atomic E-state index is -1.13. The summed E-state index contributed by atoms with van der Waals surface area (Å²) in [5.41, 5.74) is 1.78. The van der Waals surface area contributed by atoms with Crippen LogP contribution in [0.4, 0.5) is 4.39 Å². The number of hydrogen-bond acceptors (Lipinski definition) is 5. The number of nitrogens with zero attached hydrogens (tertiary/aromatic N) is 1. The Kier molecular flexibility index (Phi) is 8.35. The Balaban J connectivity index is 1.60. The molecule has 9 heteroatoms. The normalized spacial score (nSPS) is 16.0. The number of carbonyl (C=O) groups is 2. The van der Waals surface area contributed by atoms with Gasteiger partial charge in [0, 0.05) is 30.5 Å². The summed E-state index contributed by atoms with van der Waals surface area (Å²) in [6.07, 6.45) is 0.821. The SMILES string of the molecule is COc1cc(C(=O)N(CC(=O)O)Cc2cccc(OC(C)C)c2)cc2c1O[C@@](C)(Cc1ccc(Cl)c(F)c1)C2. The van der Waals surface area contributed by atoms with Gasteiger partial charge in [-0.1, -0.05) is 29.8 Å². The van der Waals surface area contributed by atoms with E-state index in [1.54, 1.807) is 30.3 Å². The number of fused-ring (bicyclic) bond motifs is 1. The second kappa shape index (κ2) is 11.5. The molecule has 0 unspecified atom stereocenters. The van der Waals surface area contributed by atoms with Crippen molar-refractivity contribution in [2.75, 3.05) is 13.7 Å². The molecule has 0 fully saturated rings. The summed E-state index contributed by atoms with van der Waals surface area (Å²) < 4.78 is 31.6. The maximum Gasteiger partial charge on any atom is 0.323 e. The summed E-state index contributed by atoms with van der Waals surface area (Å²) in [5.74, 6) is -0.571. The van der Waals surface area contributed by atoms with E-state index in [1.165, 1.54) is 24.1 Å². The summed E-state index contributed by atoms with van der Waals surface area (Å²) in [6.45, 7) is 5.33. The van der Waals surface area contributed by atoms with Crippen molar-refractivity contribution >= 4 is 23.5 Å². The molecule has 4 rings (SSSR count). The molecule has 0 spiro atoms. The van der Waals surface area contributed by atoms with Crippen LogP contribution < -0.4 is 14.2 Å². The number of carbonyl (C=O) groups excluding carboxylic acids is 1. The van der Waals surface area contributed by atoms with Gasteiger partial charge in [-0.15, -0.1) is 0 Å². The minimum Gasteiger partial charge on any atom is -0.493 e. The van der Waals surface area contributed by atoms with Gasteiger partial charge >= 0.3 is 5.97 Å². The summed E-state index contributed by atoms with van der Waals surface area (Å²) in [4.78, 5) is 26.5. The number of halogens is 2. The predicted molar refractivity (Wildman–Crippen MR) is 145 cm³/mol. The number of methoxy groups -OCH3 is 1. The van der Waals surface area contributed by atoms with Crippen LogP contribution >= 0.6 is 11.6 Å². The van der Waals surface area contributed by atoms with E-state index in [0.29, 0.717) is 30.1 Å². The van der Waals surface area contributed by atoms with Gasteiger partial charge in [0.2, 0.25) is 0 Å². The van der Waals surface area contributed by atoms with Gasteiger partial charge in [-0.25, -0.2) is 4.39 Å². The smallest absolute Gasteiger partial charge is 0.323 e. The molecule has 39 heavy (non-hydrogen) atoms. The highest BCUT2D eigenvalue weighted by molar-refractivity contribution is 6.30. The molecule has 0 radical (unpaired) electrons. The van der Waals surface area contributed by atoms with Gasteiger partial charge in [-0.2, -0.15) is 0 Å². The van der Waals surface area contributed by atoms with Crippen LogP contribution in [0.15, 0.2) is 54.6 Å². The highest BCUT2D eigenvalue weighted by Gasteiger charge is 2.38. The molecule has 7 nitrogen and oxygen atoms in total. The number of amides is 1. The Hall–Kier alpha value is -3.78. The van der Waals surface area contributed by atoms with Crippen LogP contribution in [0.2, 0.25) is 5.02 Å². The number of rotatable bonds is 10.